The van der Waals surface area contributed by atoms with E-state index in [1.54, 1.807) is 23.8 Å². The van der Waals surface area contributed by atoms with E-state index in [4.69, 9.17) is 22.9 Å². The zero-order valence-electron chi connectivity index (χ0n) is 67.4. The van der Waals surface area contributed by atoms with Gasteiger partial charge in [0.2, 0.25) is 5.91 Å². The first-order valence-corrected chi connectivity index (χ1v) is 42.3. The van der Waals surface area contributed by atoms with E-state index < -0.39 is 165 Å². The van der Waals surface area contributed by atoms with Crippen molar-refractivity contribution in [3.05, 3.63) is 0 Å². The average molecular weight is 1580 g/mol. The smallest absolute Gasteiger partial charge is 0.220 e. The Kier molecular flexibility index (Phi) is 48.2. The number of amides is 1. The van der Waals surface area contributed by atoms with Gasteiger partial charge in [-0.2, -0.15) is 0 Å². The fourth-order valence-electron chi connectivity index (χ4n) is 16.8. The summed E-state index contributed by atoms with van der Waals surface area (Å²) in [7, 11) is 1.77. The maximum absolute atomic E-state index is 14.0. The zero-order valence-corrected chi connectivity index (χ0v) is 67.4. The summed E-state index contributed by atoms with van der Waals surface area (Å²) in [6.07, 6.45) is -2.46. The lowest BCUT2D eigenvalue weighted by atomic mass is 9.73. The van der Waals surface area contributed by atoms with Gasteiger partial charge in [-0.25, -0.2) is 0 Å². The maximum atomic E-state index is 14.0. The van der Waals surface area contributed by atoms with Crippen LogP contribution in [0.4, 0.5) is 0 Å². The van der Waals surface area contributed by atoms with Crippen LogP contribution < -0.4 is 92.1 Å². The molecule has 5 fully saturated rings. The monoisotopic (exact) mass is 1580 g/mol. The number of rotatable bonds is 43. The third-order valence-corrected chi connectivity index (χ3v) is 23.4. The fraction of sp³-hybridized carbons (Fsp3) is 0.961. The molecule has 5 aliphatic rings. The summed E-state index contributed by atoms with van der Waals surface area (Å²) >= 11 is 0. The summed E-state index contributed by atoms with van der Waals surface area (Å²) in [6.45, 7) is 11.3. The van der Waals surface area contributed by atoms with Crippen molar-refractivity contribution in [1.82, 2.24) is 78.9 Å². The van der Waals surface area contributed by atoms with Crippen LogP contribution >= 0.6 is 0 Å². The molecule has 2 saturated carbocycles. The van der Waals surface area contributed by atoms with Gasteiger partial charge < -0.3 is 110 Å². The van der Waals surface area contributed by atoms with E-state index in [9.17, 15) is 76.3 Å². The quantitative estimate of drug-likeness (QED) is 0.0154. The molecule has 0 radical (unpaired) electrons. The van der Waals surface area contributed by atoms with Gasteiger partial charge in [-0.05, 0) is 181 Å². The highest BCUT2D eigenvalue weighted by molar-refractivity contribution is 5.75. The largest absolute Gasteiger partial charge is 0.393 e. The van der Waals surface area contributed by atoms with Gasteiger partial charge in [0, 0.05) is 106 Å². The molecule has 1 amide bonds. The number of likely N-dealkylation sites (N-methyl/N-ethyl adjacent to an activating group) is 1. The van der Waals surface area contributed by atoms with Crippen molar-refractivity contribution in [3.8, 4) is 11.8 Å². The van der Waals surface area contributed by atoms with E-state index in [2.05, 4.69) is 81.0 Å². The van der Waals surface area contributed by atoms with Crippen molar-refractivity contribution in [2.45, 2.75) is 386 Å². The summed E-state index contributed by atoms with van der Waals surface area (Å²) in [5.41, 5.74) is 25.0. The molecule has 646 valence electrons. The Morgan fingerprint density at radius 3 is 1.82 bits per heavy atom. The molecule has 35 N–H and O–H groups in total. The number of aliphatic hydroxyl groups is 14. The van der Waals surface area contributed by atoms with Gasteiger partial charge in [-0.15, -0.1) is 5.92 Å². The van der Waals surface area contributed by atoms with Gasteiger partial charge in [0.15, 0.2) is 0 Å². The van der Waals surface area contributed by atoms with Crippen LogP contribution in [0.3, 0.4) is 0 Å². The number of carbonyl (C=O) groups excluding carboxylic acids is 1. The van der Waals surface area contributed by atoms with Crippen molar-refractivity contribution in [2.24, 2.45) is 40.7 Å². The van der Waals surface area contributed by atoms with Crippen LogP contribution in [0.2, 0.25) is 0 Å². The van der Waals surface area contributed by atoms with Crippen molar-refractivity contribution >= 4 is 5.91 Å². The predicted octanol–water partition coefficient (Wildman–Crippen LogP) is -5.13. The number of nitrogens with two attached hydrogens (primary N) is 4. The highest BCUT2D eigenvalue weighted by Crippen LogP contribution is 2.37. The zero-order chi connectivity index (χ0) is 80.8. The standard InChI is InChI=1S/C76H157N19O15/c1-7-10-23-50(49-24-14-25-49)42-60-72(106)89-57(31-32-65(99)84-36-16-26-52(80)66(100)90-61(43-51(79)44-81-6)73(107)92-59(41-48-21-12-11-13-22-48)71(105)86-54(20-8-2)67(101)93-60)75(109)95-39-19-30-63(95)76(110)94-38-18-29-62(94)74(108)88-56(33-37-82-45-78)69(103)91-58(40-46(4)96)70(104)87-55(27-15-34-77)68(102)85-53(64(98)9-3)28-17-35-83-47(5)97/h46-64,66-76,81-83,85-93,96-98,100-110H,7-9,11-22,24-45,77-80H2,1-6H3,(H,84,99). The number of nitrogens with one attached hydrogen (secondary N) is 13. The van der Waals surface area contributed by atoms with Gasteiger partial charge in [-0.3, -0.25) is 67.8 Å². The number of nitrogens with zero attached hydrogens (tertiary/aromatic N) is 2. The fourth-order valence-corrected chi connectivity index (χ4v) is 16.8. The second-order valence-electron chi connectivity index (χ2n) is 32.4. The molecule has 0 aromatic carbocycles. The number of carbonyl (C=O) groups is 1. The number of hydrogen-bond acceptors (Lipinski definition) is 33. The molecule has 0 aromatic heterocycles. The molecule has 3 heterocycles. The molecular formula is C76H157N19O15. The Morgan fingerprint density at radius 1 is 0.600 bits per heavy atom. The lowest BCUT2D eigenvalue weighted by molar-refractivity contribution is -0.129. The molecule has 3 aliphatic heterocycles. The van der Waals surface area contributed by atoms with Crippen LogP contribution in [-0.4, -0.2) is 312 Å². The lowest BCUT2D eigenvalue weighted by Crippen LogP contribution is -2.65. The van der Waals surface area contributed by atoms with Gasteiger partial charge >= 0.3 is 0 Å². The van der Waals surface area contributed by atoms with Crippen LogP contribution in [-0.2, 0) is 4.79 Å². The van der Waals surface area contributed by atoms with Gasteiger partial charge in [0.1, 0.15) is 74.7 Å². The highest BCUT2D eigenvalue weighted by Gasteiger charge is 2.46. The van der Waals surface area contributed by atoms with Gasteiger partial charge in [0.05, 0.1) is 36.4 Å². The second-order valence-corrected chi connectivity index (χ2v) is 32.4. The Morgan fingerprint density at radius 2 is 1.19 bits per heavy atom. The molecule has 0 bridgehead atoms. The van der Waals surface area contributed by atoms with E-state index in [1.807, 2.05) is 20.8 Å². The molecule has 3 saturated heterocycles. The molecule has 0 spiro atoms. The lowest BCUT2D eigenvalue weighted by Gasteiger charge is -2.43. The summed E-state index contributed by atoms with van der Waals surface area (Å²) in [6, 6.07) is -10.5. The van der Waals surface area contributed by atoms with Crippen LogP contribution in [0.25, 0.3) is 0 Å². The molecule has 2 aliphatic carbocycles. The van der Waals surface area contributed by atoms with Crippen LogP contribution in [0.5, 0.6) is 0 Å². The van der Waals surface area contributed by atoms with E-state index in [0.29, 0.717) is 116 Å². The Hall–Kier alpha value is -2.25. The van der Waals surface area contributed by atoms with Crippen molar-refractivity contribution in [1.29, 1.82) is 0 Å². The molecule has 5 rings (SSSR count). The molecular weight excluding hydrogens is 1420 g/mol. The van der Waals surface area contributed by atoms with Gasteiger partial charge in [-0.1, -0.05) is 71.6 Å². The normalized spacial score (nSPS) is 31.3. The predicted molar refractivity (Wildman–Crippen MR) is 425 cm³/mol. The van der Waals surface area contributed by atoms with E-state index in [1.165, 1.54) is 6.92 Å². The van der Waals surface area contributed by atoms with E-state index in [0.717, 1.165) is 51.4 Å². The maximum Gasteiger partial charge on any atom is 0.220 e. The first kappa shape index (κ1) is 98.3. The topological polar surface area (TPSA) is 567 Å². The highest BCUT2D eigenvalue weighted by atomic mass is 16.3. The second kappa shape index (κ2) is 54.0. The molecule has 110 heavy (non-hydrogen) atoms. The number of likely N-dealkylation sites (tertiary alicyclic amines) is 2. The minimum absolute atomic E-state index is 0.00997. The molecule has 34 heteroatoms. The molecule has 0 aromatic rings. The Balaban J connectivity index is 1.44. The van der Waals surface area contributed by atoms with E-state index >= 15 is 0 Å². The third kappa shape index (κ3) is 34.4. The average Bonchev–Trinajstić information content (AvgIpc) is 1.61. The van der Waals surface area contributed by atoms with Gasteiger partial charge in [0.25, 0.3) is 0 Å². The summed E-state index contributed by atoms with van der Waals surface area (Å²) < 4.78 is 0. The molecule has 34 nitrogen and oxygen atoms in total. The van der Waals surface area contributed by atoms with Crippen LogP contribution in [0.15, 0.2) is 0 Å². The van der Waals surface area contributed by atoms with Crippen molar-refractivity contribution < 1.29 is 76.3 Å². The van der Waals surface area contributed by atoms with E-state index in [-0.39, 0.29) is 94.9 Å². The number of aliphatic hydroxyl groups excluding tert-OH is 14. The third-order valence-electron chi connectivity index (χ3n) is 23.4. The Bertz CT molecular complexity index is 2460. The molecule has 28 unspecified atom stereocenters. The summed E-state index contributed by atoms with van der Waals surface area (Å²) in [5, 5.41) is 208. The molecule has 28 atom stereocenters. The Labute approximate surface area is 656 Å². The SMILES string of the molecule is CCC#CC(CC1NC(O)C(CCC)NC(O)C(CC2CCCCC2)NC(O)C(CC(N)CNC)NC(O)C(N)CCCNC(=O)CCC(C(O)N2CCCC2C(O)N2CCCC2C(O)NC(CCNCN)C(O)NC(CC(C)O)C(O)NC(CCCN)C(O)NC(CCCNC(C)O)C(O)CC)NC1O)C1CCC1. The first-order chi connectivity index (χ1) is 52.7. The summed E-state index contributed by atoms with van der Waals surface area (Å²) in [5.74, 6) is 6.65. The summed E-state index contributed by atoms with van der Waals surface area (Å²) in [4.78, 5) is 17.6. The minimum atomic E-state index is -1.49. The first-order valence-electron chi connectivity index (χ1n) is 42.3. The van der Waals surface area contributed by atoms with Crippen LogP contribution in [0.1, 0.15) is 221 Å². The minimum Gasteiger partial charge on any atom is -0.393 e. The van der Waals surface area contributed by atoms with Crippen molar-refractivity contribution in [2.75, 3.05) is 59.5 Å². The van der Waals surface area contributed by atoms with Crippen molar-refractivity contribution in [3.63, 3.8) is 0 Å². The van der Waals surface area contributed by atoms with Crippen LogP contribution in [0, 0.1) is 29.6 Å². The number of hydrogen-bond donors (Lipinski definition) is 31.